The van der Waals surface area contributed by atoms with Crippen LogP contribution in [0.1, 0.15) is 18.9 Å². The molecule has 18 heavy (non-hydrogen) atoms. The van der Waals surface area contributed by atoms with Gasteiger partial charge in [0.05, 0.1) is 12.4 Å². The maximum absolute atomic E-state index is 13.0. The number of halogens is 1. The SMILES string of the molecule is CCC(COc1cc(F)ccc1C)CS(N)(=O)=O. The Morgan fingerprint density at radius 3 is 2.67 bits per heavy atom. The fourth-order valence-electron chi connectivity index (χ4n) is 1.55. The molecule has 0 amide bonds. The maximum Gasteiger partial charge on any atom is 0.209 e. The van der Waals surface area contributed by atoms with Gasteiger partial charge in [-0.2, -0.15) is 0 Å². The molecule has 1 aromatic rings. The highest BCUT2D eigenvalue weighted by atomic mass is 32.2. The van der Waals surface area contributed by atoms with Crippen LogP contribution in [0.4, 0.5) is 4.39 Å². The first kappa shape index (κ1) is 14.9. The molecule has 4 nitrogen and oxygen atoms in total. The van der Waals surface area contributed by atoms with Gasteiger partial charge in [0.2, 0.25) is 10.0 Å². The van der Waals surface area contributed by atoms with Crippen molar-refractivity contribution in [1.82, 2.24) is 0 Å². The van der Waals surface area contributed by atoms with Crippen LogP contribution in [-0.2, 0) is 10.0 Å². The number of rotatable bonds is 6. The van der Waals surface area contributed by atoms with E-state index in [0.717, 1.165) is 5.56 Å². The van der Waals surface area contributed by atoms with E-state index in [0.29, 0.717) is 12.2 Å². The fourth-order valence-corrected chi connectivity index (χ4v) is 2.54. The average Bonchev–Trinajstić information content (AvgIpc) is 2.27. The first-order valence-corrected chi connectivity index (χ1v) is 7.42. The summed E-state index contributed by atoms with van der Waals surface area (Å²) >= 11 is 0. The van der Waals surface area contributed by atoms with Gasteiger partial charge < -0.3 is 4.74 Å². The Balaban J connectivity index is 2.65. The summed E-state index contributed by atoms with van der Waals surface area (Å²) in [6.45, 7) is 3.87. The number of primary sulfonamides is 1. The third-order valence-electron chi connectivity index (χ3n) is 2.67. The summed E-state index contributed by atoms with van der Waals surface area (Å²) < 4.78 is 40.5. The van der Waals surface area contributed by atoms with Crippen LogP contribution in [0.15, 0.2) is 18.2 Å². The van der Waals surface area contributed by atoms with E-state index in [1.54, 1.807) is 13.0 Å². The van der Waals surface area contributed by atoms with Gasteiger partial charge in [0.25, 0.3) is 0 Å². The van der Waals surface area contributed by atoms with Gasteiger partial charge in [0.1, 0.15) is 11.6 Å². The molecule has 0 aliphatic heterocycles. The summed E-state index contributed by atoms with van der Waals surface area (Å²) in [5, 5.41) is 4.99. The Labute approximate surface area is 107 Å². The van der Waals surface area contributed by atoms with Crippen molar-refractivity contribution in [2.24, 2.45) is 11.1 Å². The minimum absolute atomic E-state index is 0.127. The highest BCUT2D eigenvalue weighted by Crippen LogP contribution is 2.20. The second-order valence-electron chi connectivity index (χ2n) is 4.32. The maximum atomic E-state index is 13.0. The molecule has 6 heteroatoms. The van der Waals surface area contributed by atoms with Crippen molar-refractivity contribution in [3.05, 3.63) is 29.6 Å². The van der Waals surface area contributed by atoms with Crippen molar-refractivity contribution < 1.29 is 17.5 Å². The van der Waals surface area contributed by atoms with Gasteiger partial charge in [-0.15, -0.1) is 0 Å². The molecule has 2 N–H and O–H groups in total. The lowest BCUT2D eigenvalue weighted by atomic mass is 10.1. The lowest BCUT2D eigenvalue weighted by molar-refractivity contribution is 0.255. The quantitative estimate of drug-likeness (QED) is 0.861. The summed E-state index contributed by atoms with van der Waals surface area (Å²) in [7, 11) is -3.51. The Kier molecular flexibility index (Phi) is 5.10. The van der Waals surface area contributed by atoms with Crippen LogP contribution < -0.4 is 9.88 Å². The van der Waals surface area contributed by atoms with Gasteiger partial charge in [-0.05, 0) is 25.0 Å². The minimum atomic E-state index is -3.51. The predicted octanol–water partition coefficient (Wildman–Crippen LogP) is 1.83. The van der Waals surface area contributed by atoms with Gasteiger partial charge in [-0.1, -0.05) is 13.0 Å². The monoisotopic (exact) mass is 275 g/mol. The van der Waals surface area contributed by atoms with Crippen LogP contribution in [0.2, 0.25) is 0 Å². The summed E-state index contributed by atoms with van der Waals surface area (Å²) in [6, 6.07) is 4.26. The molecule has 0 bridgehead atoms. The van der Waals surface area contributed by atoms with E-state index < -0.39 is 10.0 Å². The summed E-state index contributed by atoms with van der Waals surface area (Å²) in [6.07, 6.45) is 0.630. The van der Waals surface area contributed by atoms with Gasteiger partial charge in [0.15, 0.2) is 0 Å². The zero-order valence-electron chi connectivity index (χ0n) is 10.5. The van der Waals surface area contributed by atoms with Crippen LogP contribution in [0.3, 0.4) is 0 Å². The van der Waals surface area contributed by atoms with E-state index in [2.05, 4.69) is 0 Å². The van der Waals surface area contributed by atoms with E-state index in [4.69, 9.17) is 9.88 Å². The number of hydrogen-bond acceptors (Lipinski definition) is 3. The summed E-state index contributed by atoms with van der Waals surface area (Å²) in [5.41, 5.74) is 0.807. The second-order valence-corrected chi connectivity index (χ2v) is 5.98. The second kappa shape index (κ2) is 6.15. The van der Waals surface area contributed by atoms with Crippen molar-refractivity contribution in [3.8, 4) is 5.75 Å². The molecule has 0 heterocycles. The van der Waals surface area contributed by atoms with E-state index in [9.17, 15) is 12.8 Å². The molecule has 0 radical (unpaired) electrons. The Bertz CT molecular complexity index is 502. The Morgan fingerprint density at radius 1 is 1.44 bits per heavy atom. The molecule has 0 spiro atoms. The summed E-state index contributed by atoms with van der Waals surface area (Å²) in [4.78, 5) is 0. The van der Waals surface area contributed by atoms with Gasteiger partial charge in [0, 0.05) is 12.0 Å². The number of benzene rings is 1. The smallest absolute Gasteiger partial charge is 0.209 e. The van der Waals surface area contributed by atoms with Crippen molar-refractivity contribution in [1.29, 1.82) is 0 Å². The van der Waals surface area contributed by atoms with Crippen LogP contribution in [0.5, 0.6) is 5.75 Å². The molecule has 0 fully saturated rings. The van der Waals surface area contributed by atoms with E-state index >= 15 is 0 Å². The zero-order valence-corrected chi connectivity index (χ0v) is 11.3. The molecule has 1 atom stereocenters. The van der Waals surface area contributed by atoms with Crippen LogP contribution in [-0.4, -0.2) is 20.8 Å². The Hall–Kier alpha value is -1.14. The third kappa shape index (κ3) is 5.01. The molecular formula is C12H18FNO3S. The molecular weight excluding hydrogens is 257 g/mol. The molecule has 0 aliphatic carbocycles. The van der Waals surface area contributed by atoms with Crippen LogP contribution in [0.25, 0.3) is 0 Å². The number of hydrogen-bond donors (Lipinski definition) is 1. The molecule has 0 saturated carbocycles. The predicted molar refractivity (Wildman–Crippen MR) is 68.4 cm³/mol. The highest BCUT2D eigenvalue weighted by Gasteiger charge is 2.15. The standard InChI is InChI=1S/C12H18FNO3S/c1-3-10(8-18(14,15)16)7-17-12-6-11(13)5-4-9(12)2/h4-6,10H,3,7-8H2,1-2H3,(H2,14,15,16). The largest absolute Gasteiger partial charge is 0.493 e. The van der Waals surface area contributed by atoms with Crippen molar-refractivity contribution >= 4 is 10.0 Å². The molecule has 0 aromatic heterocycles. The number of aryl methyl sites for hydroxylation is 1. The lowest BCUT2D eigenvalue weighted by Gasteiger charge is -2.16. The molecule has 1 aromatic carbocycles. The summed E-state index contributed by atoms with van der Waals surface area (Å²) in [5.74, 6) is -0.265. The Morgan fingerprint density at radius 2 is 2.11 bits per heavy atom. The van der Waals surface area contributed by atoms with E-state index in [-0.39, 0.29) is 24.1 Å². The average molecular weight is 275 g/mol. The number of nitrogens with two attached hydrogens (primary N) is 1. The van der Waals surface area contributed by atoms with E-state index in [1.165, 1.54) is 12.1 Å². The molecule has 1 unspecified atom stereocenters. The van der Waals surface area contributed by atoms with Crippen molar-refractivity contribution in [2.75, 3.05) is 12.4 Å². The lowest BCUT2D eigenvalue weighted by Crippen LogP contribution is -2.26. The third-order valence-corrected chi connectivity index (χ3v) is 3.61. The van der Waals surface area contributed by atoms with E-state index in [1.807, 2.05) is 6.92 Å². The topological polar surface area (TPSA) is 69.4 Å². The molecule has 1 rings (SSSR count). The van der Waals surface area contributed by atoms with Crippen LogP contribution >= 0.6 is 0 Å². The van der Waals surface area contributed by atoms with Gasteiger partial charge >= 0.3 is 0 Å². The number of sulfonamides is 1. The number of ether oxygens (including phenoxy) is 1. The molecule has 0 aliphatic rings. The van der Waals surface area contributed by atoms with Gasteiger partial charge in [-0.25, -0.2) is 17.9 Å². The first-order valence-electron chi connectivity index (χ1n) is 5.71. The fraction of sp³-hybridized carbons (Fsp3) is 0.500. The zero-order chi connectivity index (χ0) is 13.8. The first-order chi connectivity index (χ1) is 8.31. The van der Waals surface area contributed by atoms with Gasteiger partial charge in [-0.3, -0.25) is 0 Å². The molecule has 0 saturated heterocycles. The van der Waals surface area contributed by atoms with Crippen LogP contribution in [0, 0.1) is 18.7 Å². The van der Waals surface area contributed by atoms with Crippen molar-refractivity contribution in [2.45, 2.75) is 20.3 Å². The minimum Gasteiger partial charge on any atom is -0.493 e. The molecule has 102 valence electrons. The highest BCUT2D eigenvalue weighted by molar-refractivity contribution is 7.89. The van der Waals surface area contributed by atoms with Crippen molar-refractivity contribution in [3.63, 3.8) is 0 Å². The normalized spacial score (nSPS) is 13.3.